The second kappa shape index (κ2) is 7.89. The van der Waals surface area contributed by atoms with E-state index < -0.39 is 0 Å². The molecule has 1 rings (SSSR count). The van der Waals surface area contributed by atoms with Gasteiger partial charge in [0, 0.05) is 13.1 Å². The van der Waals surface area contributed by atoms with E-state index in [1.54, 1.807) is 0 Å². The molecule has 0 aliphatic carbocycles. The van der Waals surface area contributed by atoms with Crippen molar-refractivity contribution in [2.75, 3.05) is 6.54 Å². The zero-order valence-corrected chi connectivity index (χ0v) is 10.2. The lowest BCUT2D eigenvalue weighted by molar-refractivity contribution is 0.746. The molecule has 1 heteroatoms. The van der Waals surface area contributed by atoms with Gasteiger partial charge in [0.05, 0.1) is 0 Å². The van der Waals surface area contributed by atoms with Crippen LogP contribution in [0.15, 0.2) is 54.1 Å². The Kier molecular flexibility index (Phi) is 6.28. The fourth-order valence-electron chi connectivity index (χ4n) is 1.47. The first-order valence-electron chi connectivity index (χ1n) is 5.93. The third kappa shape index (κ3) is 4.94. The van der Waals surface area contributed by atoms with Crippen molar-refractivity contribution in [3.63, 3.8) is 0 Å². The van der Waals surface area contributed by atoms with E-state index in [-0.39, 0.29) is 0 Å². The van der Waals surface area contributed by atoms with Crippen LogP contribution in [-0.2, 0) is 6.54 Å². The van der Waals surface area contributed by atoms with E-state index >= 15 is 0 Å². The fourth-order valence-corrected chi connectivity index (χ4v) is 1.47. The van der Waals surface area contributed by atoms with Crippen LogP contribution in [0.2, 0.25) is 0 Å². The van der Waals surface area contributed by atoms with Crippen LogP contribution in [0.5, 0.6) is 0 Å². The molecule has 0 atom stereocenters. The molecule has 0 saturated heterocycles. The van der Waals surface area contributed by atoms with Crippen molar-refractivity contribution in [3.8, 4) is 0 Å². The maximum absolute atomic E-state index is 3.44. The number of allylic oxidation sites excluding steroid dienone is 2. The third-order valence-electron chi connectivity index (χ3n) is 2.44. The van der Waals surface area contributed by atoms with Crippen LogP contribution in [0.1, 0.15) is 25.8 Å². The minimum Gasteiger partial charge on any atom is -0.309 e. The maximum atomic E-state index is 3.44. The molecule has 0 bridgehead atoms. The molecule has 1 nitrogen and oxygen atoms in total. The van der Waals surface area contributed by atoms with E-state index in [4.69, 9.17) is 0 Å². The van der Waals surface area contributed by atoms with E-state index in [1.807, 2.05) is 6.07 Å². The Morgan fingerprint density at radius 3 is 2.62 bits per heavy atom. The SMILES string of the molecule is C/C=C(\C=C/CC)CNCc1ccccc1. The summed E-state index contributed by atoms with van der Waals surface area (Å²) in [6.45, 7) is 6.10. The molecule has 86 valence electrons. The Balaban J connectivity index is 2.32. The van der Waals surface area contributed by atoms with Gasteiger partial charge in [-0.3, -0.25) is 0 Å². The molecule has 0 amide bonds. The monoisotopic (exact) mass is 215 g/mol. The summed E-state index contributed by atoms with van der Waals surface area (Å²) in [6, 6.07) is 10.5. The Labute approximate surface area is 98.9 Å². The molecule has 0 aliphatic heterocycles. The van der Waals surface area contributed by atoms with Crippen molar-refractivity contribution in [1.29, 1.82) is 0 Å². The summed E-state index contributed by atoms with van der Waals surface area (Å²) in [5, 5.41) is 3.44. The highest BCUT2D eigenvalue weighted by molar-refractivity contribution is 5.20. The van der Waals surface area contributed by atoms with E-state index in [0.717, 1.165) is 19.5 Å². The molecular formula is C15H21N. The maximum Gasteiger partial charge on any atom is 0.0208 e. The average Bonchev–Trinajstić information content (AvgIpc) is 2.35. The van der Waals surface area contributed by atoms with E-state index in [0.29, 0.717) is 0 Å². The van der Waals surface area contributed by atoms with Crippen LogP contribution in [0.3, 0.4) is 0 Å². The minimum absolute atomic E-state index is 0.929. The van der Waals surface area contributed by atoms with Gasteiger partial charge in [-0.2, -0.15) is 0 Å². The van der Waals surface area contributed by atoms with Gasteiger partial charge < -0.3 is 5.32 Å². The highest BCUT2D eigenvalue weighted by Crippen LogP contribution is 2.00. The lowest BCUT2D eigenvalue weighted by atomic mass is 10.2. The predicted octanol–water partition coefficient (Wildman–Crippen LogP) is 3.69. The number of hydrogen-bond donors (Lipinski definition) is 1. The molecule has 16 heavy (non-hydrogen) atoms. The first kappa shape index (κ1) is 12.7. The molecule has 0 spiro atoms. The predicted molar refractivity (Wildman–Crippen MR) is 71.3 cm³/mol. The lowest BCUT2D eigenvalue weighted by Crippen LogP contribution is -2.15. The van der Waals surface area contributed by atoms with Crippen LogP contribution < -0.4 is 5.32 Å². The Morgan fingerprint density at radius 2 is 2.00 bits per heavy atom. The van der Waals surface area contributed by atoms with Crippen molar-refractivity contribution < 1.29 is 0 Å². The summed E-state index contributed by atoms with van der Waals surface area (Å²) < 4.78 is 0. The van der Waals surface area contributed by atoms with Gasteiger partial charge in [0.2, 0.25) is 0 Å². The molecule has 1 aromatic carbocycles. The standard InChI is InChI=1S/C15H21N/c1-3-5-9-14(4-2)12-16-13-15-10-7-6-8-11-15/h4-11,16H,3,12-13H2,1-2H3/b9-5-,14-4+. The second-order valence-corrected chi connectivity index (χ2v) is 3.76. The first-order valence-corrected chi connectivity index (χ1v) is 5.93. The zero-order valence-electron chi connectivity index (χ0n) is 10.2. The summed E-state index contributed by atoms with van der Waals surface area (Å²) in [5.74, 6) is 0. The average molecular weight is 215 g/mol. The van der Waals surface area contributed by atoms with Gasteiger partial charge in [-0.05, 0) is 24.5 Å². The van der Waals surface area contributed by atoms with Gasteiger partial charge in [-0.25, -0.2) is 0 Å². The lowest BCUT2D eigenvalue weighted by Gasteiger charge is -2.05. The largest absolute Gasteiger partial charge is 0.309 e. The smallest absolute Gasteiger partial charge is 0.0208 e. The van der Waals surface area contributed by atoms with Gasteiger partial charge >= 0.3 is 0 Å². The summed E-state index contributed by atoms with van der Waals surface area (Å²) in [6.07, 6.45) is 7.64. The van der Waals surface area contributed by atoms with Crippen molar-refractivity contribution in [3.05, 3.63) is 59.7 Å². The van der Waals surface area contributed by atoms with E-state index in [2.05, 4.69) is 61.7 Å². The van der Waals surface area contributed by atoms with Crippen molar-refractivity contribution in [1.82, 2.24) is 5.32 Å². The molecule has 0 unspecified atom stereocenters. The van der Waals surface area contributed by atoms with Gasteiger partial charge in [-0.1, -0.05) is 55.5 Å². The van der Waals surface area contributed by atoms with Gasteiger partial charge in [0.25, 0.3) is 0 Å². The molecular weight excluding hydrogens is 194 g/mol. The van der Waals surface area contributed by atoms with Gasteiger partial charge in [0.1, 0.15) is 0 Å². The quantitative estimate of drug-likeness (QED) is 0.714. The molecule has 1 aromatic rings. The number of hydrogen-bond acceptors (Lipinski definition) is 1. The zero-order chi connectivity index (χ0) is 11.6. The van der Waals surface area contributed by atoms with Crippen molar-refractivity contribution >= 4 is 0 Å². The Morgan fingerprint density at radius 1 is 1.25 bits per heavy atom. The summed E-state index contributed by atoms with van der Waals surface area (Å²) in [7, 11) is 0. The normalized spacial score (nSPS) is 12.2. The highest BCUT2D eigenvalue weighted by Gasteiger charge is 1.92. The van der Waals surface area contributed by atoms with Gasteiger partial charge in [-0.15, -0.1) is 0 Å². The summed E-state index contributed by atoms with van der Waals surface area (Å²) in [5.41, 5.74) is 2.68. The second-order valence-electron chi connectivity index (χ2n) is 3.76. The van der Waals surface area contributed by atoms with Crippen LogP contribution in [0.25, 0.3) is 0 Å². The van der Waals surface area contributed by atoms with Crippen LogP contribution in [-0.4, -0.2) is 6.54 Å². The minimum atomic E-state index is 0.929. The highest BCUT2D eigenvalue weighted by atomic mass is 14.8. The molecule has 1 N–H and O–H groups in total. The molecule has 0 radical (unpaired) electrons. The number of rotatable bonds is 6. The molecule has 0 heterocycles. The van der Waals surface area contributed by atoms with Crippen molar-refractivity contribution in [2.45, 2.75) is 26.8 Å². The summed E-state index contributed by atoms with van der Waals surface area (Å²) >= 11 is 0. The number of benzene rings is 1. The van der Waals surface area contributed by atoms with E-state index in [9.17, 15) is 0 Å². The molecule has 0 fully saturated rings. The van der Waals surface area contributed by atoms with Crippen molar-refractivity contribution in [2.24, 2.45) is 0 Å². The summed E-state index contributed by atoms with van der Waals surface area (Å²) in [4.78, 5) is 0. The molecule has 0 aliphatic rings. The van der Waals surface area contributed by atoms with Gasteiger partial charge in [0.15, 0.2) is 0 Å². The molecule has 0 aromatic heterocycles. The van der Waals surface area contributed by atoms with E-state index in [1.165, 1.54) is 11.1 Å². The topological polar surface area (TPSA) is 12.0 Å². The Hall–Kier alpha value is -1.34. The van der Waals surface area contributed by atoms with Crippen LogP contribution in [0, 0.1) is 0 Å². The third-order valence-corrected chi connectivity index (χ3v) is 2.44. The molecule has 0 saturated carbocycles. The number of nitrogens with one attached hydrogen (secondary N) is 1. The van der Waals surface area contributed by atoms with Crippen LogP contribution >= 0.6 is 0 Å². The Bertz CT molecular complexity index is 336. The first-order chi connectivity index (χ1) is 7.86. The van der Waals surface area contributed by atoms with Crippen LogP contribution in [0.4, 0.5) is 0 Å². The fraction of sp³-hybridized carbons (Fsp3) is 0.333.